The van der Waals surface area contributed by atoms with E-state index in [1.54, 1.807) is 26.0 Å². The summed E-state index contributed by atoms with van der Waals surface area (Å²) in [6.45, 7) is 3.42. The SMILES string of the molecule is C/C(=C/CC=O)ON.CNc1ccc2nc(-c3ccc(N)cc3)[nH]c2c1.Cc1cc(C=O)no1. The fraction of sp³-hybridized carbons (Fsp3) is 0.167. The van der Waals surface area contributed by atoms with Crippen LogP contribution in [0.1, 0.15) is 29.6 Å². The van der Waals surface area contributed by atoms with Crippen LogP contribution in [0.3, 0.4) is 0 Å². The van der Waals surface area contributed by atoms with Crippen molar-refractivity contribution in [3.8, 4) is 11.4 Å². The van der Waals surface area contributed by atoms with E-state index in [-0.39, 0.29) is 0 Å². The number of carbonyl (C=O) groups excluding carboxylic acids is 2. The highest BCUT2D eigenvalue weighted by atomic mass is 16.6. The van der Waals surface area contributed by atoms with Gasteiger partial charge in [-0.3, -0.25) is 4.79 Å². The summed E-state index contributed by atoms with van der Waals surface area (Å²) in [5.41, 5.74) is 10.9. The van der Waals surface area contributed by atoms with Crippen LogP contribution in [0.5, 0.6) is 0 Å². The van der Waals surface area contributed by atoms with Gasteiger partial charge in [0.2, 0.25) is 0 Å². The number of H-pyrrole nitrogens is 1. The summed E-state index contributed by atoms with van der Waals surface area (Å²) in [5.74, 6) is 6.81. The summed E-state index contributed by atoms with van der Waals surface area (Å²) < 4.78 is 4.57. The number of nitrogens with zero attached hydrogens (tertiary/aromatic N) is 2. The molecule has 2 heterocycles. The number of nitrogens with one attached hydrogen (secondary N) is 2. The van der Waals surface area contributed by atoms with Crippen molar-refractivity contribution in [2.75, 3.05) is 18.1 Å². The molecule has 4 rings (SSSR count). The number of hydrogen-bond acceptors (Lipinski definition) is 9. The van der Waals surface area contributed by atoms with Gasteiger partial charge >= 0.3 is 0 Å². The van der Waals surface area contributed by atoms with E-state index in [2.05, 4.69) is 29.8 Å². The number of aromatic nitrogens is 3. The minimum atomic E-state index is 0.350. The molecule has 0 saturated carbocycles. The second kappa shape index (κ2) is 13.2. The molecule has 0 aliphatic heterocycles. The Kier molecular flexibility index (Phi) is 10.0. The van der Waals surface area contributed by atoms with E-state index >= 15 is 0 Å². The molecule has 2 aromatic heterocycles. The van der Waals surface area contributed by atoms with E-state index in [1.807, 2.05) is 49.5 Å². The summed E-state index contributed by atoms with van der Waals surface area (Å²) in [6, 6.07) is 15.3. The molecule has 178 valence electrons. The van der Waals surface area contributed by atoms with Crippen molar-refractivity contribution >= 4 is 35.0 Å². The number of benzene rings is 2. The number of nitrogen functional groups attached to an aromatic ring is 1. The smallest absolute Gasteiger partial charge is 0.171 e. The summed E-state index contributed by atoms with van der Waals surface area (Å²) in [7, 11) is 1.90. The van der Waals surface area contributed by atoms with E-state index in [1.165, 1.54) is 0 Å². The first kappa shape index (κ1) is 25.8. The lowest BCUT2D eigenvalue weighted by molar-refractivity contribution is -0.107. The second-order valence-corrected chi connectivity index (χ2v) is 7.00. The molecule has 2 aromatic carbocycles. The lowest BCUT2D eigenvalue weighted by Gasteiger charge is -1.97. The number of rotatable bonds is 6. The number of aldehydes is 2. The average molecular weight is 465 g/mol. The lowest BCUT2D eigenvalue weighted by Crippen LogP contribution is -1.94. The molecule has 6 N–H and O–H groups in total. The van der Waals surface area contributed by atoms with Crippen molar-refractivity contribution in [2.24, 2.45) is 5.90 Å². The topological polar surface area (TPSA) is 162 Å². The van der Waals surface area contributed by atoms with Gasteiger partial charge in [-0.2, -0.15) is 5.90 Å². The number of anilines is 2. The molecule has 0 saturated heterocycles. The van der Waals surface area contributed by atoms with Gasteiger partial charge in [-0.05, 0) is 62.4 Å². The Labute approximate surface area is 196 Å². The van der Waals surface area contributed by atoms with E-state index in [0.29, 0.717) is 29.9 Å². The molecule has 0 aliphatic carbocycles. The average Bonchev–Trinajstić information content (AvgIpc) is 3.49. The van der Waals surface area contributed by atoms with Crippen molar-refractivity contribution in [1.82, 2.24) is 15.1 Å². The molecule has 10 nitrogen and oxygen atoms in total. The van der Waals surface area contributed by atoms with Crippen molar-refractivity contribution in [1.29, 1.82) is 0 Å². The third-order valence-corrected chi connectivity index (χ3v) is 4.41. The maximum absolute atomic E-state index is 9.90. The first-order chi connectivity index (χ1) is 16.4. The van der Waals surface area contributed by atoms with Gasteiger partial charge in [0.1, 0.15) is 29.3 Å². The molecular formula is C24H28N6O4. The van der Waals surface area contributed by atoms with Gasteiger partial charge in [0.15, 0.2) is 6.29 Å². The van der Waals surface area contributed by atoms with Crippen LogP contribution in [-0.2, 0) is 9.63 Å². The minimum Gasteiger partial charge on any atom is -0.417 e. The highest BCUT2D eigenvalue weighted by molar-refractivity contribution is 5.82. The molecule has 0 radical (unpaired) electrons. The Balaban J connectivity index is 0.000000213. The number of allylic oxidation sites excluding steroid dienone is 2. The molecule has 0 atom stereocenters. The van der Waals surface area contributed by atoms with E-state index in [9.17, 15) is 9.59 Å². The number of aromatic amines is 1. The standard InChI is InChI=1S/C14H14N4.C5H5NO2.C5H9NO2/c1-16-11-6-7-12-13(8-11)18-14(17-12)9-2-4-10(15)5-3-9;1-4-2-5(3-7)6-8-4;1-5(8-6)3-2-4-7/h2-8,16H,15H2,1H3,(H,17,18);2-3H,1H3;3-4H,2,6H2,1H3/b;;5-3-. The molecule has 34 heavy (non-hydrogen) atoms. The Hall–Kier alpha value is -4.44. The van der Waals surface area contributed by atoms with Crippen molar-refractivity contribution in [3.05, 3.63) is 71.8 Å². The molecule has 0 unspecified atom stereocenters. The number of hydrogen-bond donors (Lipinski definition) is 4. The van der Waals surface area contributed by atoms with Gasteiger partial charge < -0.3 is 30.2 Å². The van der Waals surface area contributed by atoms with Crippen LogP contribution < -0.4 is 16.9 Å². The Morgan fingerprint density at radius 1 is 1.18 bits per heavy atom. The maximum atomic E-state index is 9.90. The second-order valence-electron chi connectivity index (χ2n) is 7.00. The quantitative estimate of drug-likeness (QED) is 0.143. The summed E-state index contributed by atoms with van der Waals surface area (Å²) in [5, 5.41) is 6.50. The van der Waals surface area contributed by atoms with Crippen LogP contribution >= 0.6 is 0 Å². The molecule has 4 aromatic rings. The zero-order valence-corrected chi connectivity index (χ0v) is 19.2. The van der Waals surface area contributed by atoms with Crippen molar-refractivity contribution in [2.45, 2.75) is 20.3 Å². The summed E-state index contributed by atoms with van der Waals surface area (Å²) >= 11 is 0. The monoisotopic (exact) mass is 464 g/mol. The van der Waals surface area contributed by atoms with Crippen LogP contribution in [0.15, 0.2) is 64.9 Å². The minimum absolute atomic E-state index is 0.350. The summed E-state index contributed by atoms with van der Waals surface area (Å²) in [4.78, 5) is 31.7. The fourth-order valence-electron chi connectivity index (χ4n) is 2.65. The molecule has 0 spiro atoms. The van der Waals surface area contributed by atoms with Crippen LogP contribution in [0, 0.1) is 6.92 Å². The third-order valence-electron chi connectivity index (χ3n) is 4.41. The van der Waals surface area contributed by atoms with Crippen LogP contribution in [-0.4, -0.2) is 34.7 Å². The maximum Gasteiger partial charge on any atom is 0.171 e. The number of carbonyl (C=O) groups is 2. The Morgan fingerprint density at radius 2 is 1.91 bits per heavy atom. The van der Waals surface area contributed by atoms with Crippen LogP contribution in [0.4, 0.5) is 11.4 Å². The largest absolute Gasteiger partial charge is 0.417 e. The first-order valence-electron chi connectivity index (χ1n) is 10.3. The normalized spacial score (nSPS) is 10.4. The third kappa shape index (κ3) is 7.92. The highest BCUT2D eigenvalue weighted by Crippen LogP contribution is 2.23. The fourth-order valence-corrected chi connectivity index (χ4v) is 2.65. The lowest BCUT2D eigenvalue weighted by atomic mass is 10.2. The summed E-state index contributed by atoms with van der Waals surface area (Å²) in [6.07, 6.45) is 3.40. The van der Waals surface area contributed by atoms with Crippen LogP contribution in [0.25, 0.3) is 22.4 Å². The number of imidazole rings is 1. The first-order valence-corrected chi connectivity index (χ1v) is 10.3. The van der Waals surface area contributed by atoms with Gasteiger partial charge in [0, 0.05) is 36.5 Å². The number of aryl methyl sites for hydroxylation is 1. The number of fused-ring (bicyclic) bond motifs is 1. The van der Waals surface area contributed by atoms with E-state index in [4.69, 9.17) is 11.6 Å². The molecule has 0 amide bonds. The van der Waals surface area contributed by atoms with E-state index in [0.717, 1.165) is 40.1 Å². The van der Waals surface area contributed by atoms with Gasteiger partial charge in [-0.1, -0.05) is 5.16 Å². The van der Waals surface area contributed by atoms with Crippen LogP contribution in [0.2, 0.25) is 0 Å². The van der Waals surface area contributed by atoms with Gasteiger partial charge in [-0.15, -0.1) is 0 Å². The van der Waals surface area contributed by atoms with Gasteiger partial charge in [0.05, 0.1) is 11.0 Å². The predicted molar refractivity (Wildman–Crippen MR) is 132 cm³/mol. The van der Waals surface area contributed by atoms with Crippen molar-refractivity contribution < 1.29 is 18.9 Å². The number of nitrogens with two attached hydrogens (primary N) is 2. The molecule has 0 aliphatic rings. The van der Waals surface area contributed by atoms with Crippen molar-refractivity contribution in [3.63, 3.8) is 0 Å². The predicted octanol–water partition coefficient (Wildman–Crippen LogP) is 4.02. The Bertz CT molecular complexity index is 1230. The molecular weight excluding hydrogens is 436 g/mol. The highest BCUT2D eigenvalue weighted by Gasteiger charge is 2.05. The van der Waals surface area contributed by atoms with E-state index < -0.39 is 0 Å². The molecule has 0 fully saturated rings. The Morgan fingerprint density at radius 3 is 2.44 bits per heavy atom. The zero-order valence-electron chi connectivity index (χ0n) is 19.2. The zero-order chi connectivity index (χ0) is 24.9. The molecule has 0 bridgehead atoms. The van der Waals surface area contributed by atoms with Gasteiger partial charge in [-0.25, -0.2) is 4.98 Å². The molecule has 10 heteroatoms. The van der Waals surface area contributed by atoms with Gasteiger partial charge in [0.25, 0.3) is 0 Å².